The summed E-state index contributed by atoms with van der Waals surface area (Å²) < 4.78 is 1.90. The van der Waals surface area contributed by atoms with Crippen molar-refractivity contribution in [1.82, 2.24) is 14.5 Å². The van der Waals surface area contributed by atoms with Crippen molar-refractivity contribution >= 4 is 22.6 Å². The normalized spacial score (nSPS) is 11.6. The zero-order valence-electron chi connectivity index (χ0n) is 10.1. The number of rotatable bonds is 2. The highest BCUT2D eigenvalue weighted by molar-refractivity contribution is 6.30. The molecule has 0 aromatic carbocycles. The topological polar surface area (TPSA) is 30.7 Å². The van der Waals surface area contributed by atoms with Crippen molar-refractivity contribution in [3.05, 3.63) is 22.7 Å². The number of hydrogen-bond donors (Lipinski definition) is 0. The van der Waals surface area contributed by atoms with Gasteiger partial charge in [-0.05, 0) is 18.9 Å². The molecule has 0 atom stereocenters. The van der Waals surface area contributed by atoms with Crippen molar-refractivity contribution in [3.8, 4) is 0 Å². The Hall–Kier alpha value is -1.09. The van der Waals surface area contributed by atoms with Crippen LogP contribution in [0.15, 0.2) is 6.07 Å². The second-order valence-corrected chi connectivity index (χ2v) is 4.97. The zero-order valence-corrected chi connectivity index (χ0v) is 10.8. The first kappa shape index (κ1) is 11.4. The first-order valence-corrected chi connectivity index (χ1v) is 5.85. The van der Waals surface area contributed by atoms with Gasteiger partial charge in [-0.1, -0.05) is 25.4 Å². The Bertz CT molecular complexity index is 529. The first-order chi connectivity index (χ1) is 7.49. The molecule has 0 N–H and O–H groups in total. The van der Waals surface area contributed by atoms with Crippen molar-refractivity contribution in [2.45, 2.75) is 27.2 Å². The predicted octanol–water partition coefficient (Wildman–Crippen LogP) is 3.13. The molecule has 0 saturated heterocycles. The van der Waals surface area contributed by atoms with Gasteiger partial charge in [-0.3, -0.25) is 0 Å². The van der Waals surface area contributed by atoms with E-state index in [9.17, 15) is 0 Å². The van der Waals surface area contributed by atoms with Gasteiger partial charge in [0.15, 0.2) is 0 Å². The highest BCUT2D eigenvalue weighted by Gasteiger charge is 2.11. The quantitative estimate of drug-likeness (QED) is 0.804. The van der Waals surface area contributed by atoms with E-state index in [2.05, 4.69) is 23.8 Å². The second kappa shape index (κ2) is 4.06. The van der Waals surface area contributed by atoms with Gasteiger partial charge >= 0.3 is 0 Å². The maximum Gasteiger partial charge on any atom is 0.144 e. The Morgan fingerprint density at radius 2 is 2.06 bits per heavy atom. The molecule has 0 aliphatic heterocycles. The van der Waals surface area contributed by atoms with E-state index >= 15 is 0 Å². The molecule has 2 rings (SSSR count). The Balaban J connectivity index is 2.60. The standard InChI is InChI=1S/C12H16ClN3/c1-7(2)5-11-14-8(3)9-6-10(13)16(4)12(9)15-11/h6-7H,5H2,1-4H3. The summed E-state index contributed by atoms with van der Waals surface area (Å²) in [5, 5.41) is 1.74. The van der Waals surface area contributed by atoms with Crippen LogP contribution in [0.4, 0.5) is 0 Å². The smallest absolute Gasteiger partial charge is 0.144 e. The van der Waals surface area contributed by atoms with Gasteiger partial charge in [0.1, 0.15) is 16.6 Å². The van der Waals surface area contributed by atoms with Gasteiger partial charge in [-0.2, -0.15) is 0 Å². The van der Waals surface area contributed by atoms with Crippen LogP contribution in [0.1, 0.15) is 25.4 Å². The monoisotopic (exact) mass is 237 g/mol. The van der Waals surface area contributed by atoms with E-state index in [0.717, 1.165) is 29.0 Å². The number of nitrogens with zero attached hydrogens (tertiary/aromatic N) is 3. The van der Waals surface area contributed by atoms with Crippen molar-refractivity contribution in [2.24, 2.45) is 13.0 Å². The summed E-state index contributed by atoms with van der Waals surface area (Å²) in [6.07, 6.45) is 0.902. The molecular formula is C12H16ClN3. The van der Waals surface area contributed by atoms with Crippen LogP contribution < -0.4 is 0 Å². The summed E-state index contributed by atoms with van der Waals surface area (Å²) in [6, 6.07) is 1.92. The van der Waals surface area contributed by atoms with E-state index in [1.54, 1.807) is 0 Å². The van der Waals surface area contributed by atoms with Gasteiger partial charge < -0.3 is 4.57 Å². The molecule has 0 aliphatic carbocycles. The highest BCUT2D eigenvalue weighted by Crippen LogP contribution is 2.23. The van der Waals surface area contributed by atoms with Crippen LogP contribution in [0.3, 0.4) is 0 Å². The third-order valence-electron chi connectivity index (χ3n) is 2.65. The molecule has 0 aliphatic rings. The average molecular weight is 238 g/mol. The maximum absolute atomic E-state index is 6.08. The van der Waals surface area contributed by atoms with E-state index in [0.29, 0.717) is 11.1 Å². The maximum atomic E-state index is 6.08. The molecule has 16 heavy (non-hydrogen) atoms. The Kier molecular flexibility index (Phi) is 2.89. The molecule has 0 fully saturated rings. The van der Waals surface area contributed by atoms with Crippen molar-refractivity contribution < 1.29 is 0 Å². The van der Waals surface area contributed by atoms with Crippen molar-refractivity contribution in [1.29, 1.82) is 0 Å². The molecular weight excluding hydrogens is 222 g/mol. The molecule has 0 radical (unpaired) electrons. The number of fused-ring (bicyclic) bond motifs is 1. The molecule has 3 nitrogen and oxygen atoms in total. The zero-order chi connectivity index (χ0) is 11.9. The van der Waals surface area contributed by atoms with Crippen LogP contribution in [-0.4, -0.2) is 14.5 Å². The van der Waals surface area contributed by atoms with E-state index in [1.165, 1.54) is 0 Å². The highest BCUT2D eigenvalue weighted by atomic mass is 35.5. The van der Waals surface area contributed by atoms with E-state index in [1.807, 2.05) is 24.6 Å². The fourth-order valence-corrected chi connectivity index (χ4v) is 2.01. The largest absolute Gasteiger partial charge is 0.319 e. The molecule has 2 aromatic rings. The SMILES string of the molecule is Cc1nc(CC(C)C)nc2c1cc(Cl)n2C. The molecule has 2 heterocycles. The van der Waals surface area contributed by atoms with Gasteiger partial charge in [0, 0.05) is 18.9 Å². The molecule has 4 heteroatoms. The lowest BCUT2D eigenvalue weighted by Gasteiger charge is -2.06. The third-order valence-corrected chi connectivity index (χ3v) is 3.02. The lowest BCUT2D eigenvalue weighted by molar-refractivity contribution is 0.620. The van der Waals surface area contributed by atoms with E-state index < -0.39 is 0 Å². The van der Waals surface area contributed by atoms with Crippen molar-refractivity contribution in [3.63, 3.8) is 0 Å². The number of halogens is 1. The summed E-state index contributed by atoms with van der Waals surface area (Å²) >= 11 is 6.08. The molecule has 0 bridgehead atoms. The van der Waals surface area contributed by atoms with Gasteiger partial charge in [0.2, 0.25) is 0 Å². The Labute approximate surface area is 100 Å². The third kappa shape index (κ3) is 1.92. The molecule has 0 saturated carbocycles. The summed E-state index contributed by atoms with van der Waals surface area (Å²) in [5.41, 5.74) is 1.93. The number of aryl methyl sites for hydroxylation is 2. The number of hydrogen-bond acceptors (Lipinski definition) is 2. The summed E-state index contributed by atoms with van der Waals surface area (Å²) in [5.74, 6) is 1.46. The predicted molar refractivity (Wildman–Crippen MR) is 66.8 cm³/mol. The minimum atomic E-state index is 0.563. The minimum Gasteiger partial charge on any atom is -0.319 e. The van der Waals surface area contributed by atoms with Crippen molar-refractivity contribution in [2.75, 3.05) is 0 Å². The lowest BCUT2D eigenvalue weighted by atomic mass is 10.1. The van der Waals surface area contributed by atoms with Crippen LogP contribution in [0, 0.1) is 12.8 Å². The molecule has 0 spiro atoms. The van der Waals surface area contributed by atoms with E-state index in [4.69, 9.17) is 11.6 Å². The molecule has 86 valence electrons. The van der Waals surface area contributed by atoms with Gasteiger partial charge in [-0.15, -0.1) is 0 Å². The fraction of sp³-hybridized carbons (Fsp3) is 0.500. The van der Waals surface area contributed by atoms with Crippen LogP contribution in [0.25, 0.3) is 11.0 Å². The van der Waals surface area contributed by atoms with Crippen LogP contribution in [-0.2, 0) is 13.5 Å². The molecule has 2 aromatic heterocycles. The van der Waals surface area contributed by atoms with Gasteiger partial charge in [-0.25, -0.2) is 9.97 Å². The minimum absolute atomic E-state index is 0.563. The molecule has 0 amide bonds. The Morgan fingerprint density at radius 3 is 2.69 bits per heavy atom. The van der Waals surface area contributed by atoms with Gasteiger partial charge in [0.25, 0.3) is 0 Å². The van der Waals surface area contributed by atoms with Crippen LogP contribution in [0.5, 0.6) is 0 Å². The summed E-state index contributed by atoms with van der Waals surface area (Å²) in [4.78, 5) is 9.08. The lowest BCUT2D eigenvalue weighted by Crippen LogP contribution is -2.03. The average Bonchev–Trinajstić information content (AvgIpc) is 2.45. The summed E-state index contributed by atoms with van der Waals surface area (Å²) in [7, 11) is 1.93. The van der Waals surface area contributed by atoms with Crippen LogP contribution in [0.2, 0.25) is 5.15 Å². The summed E-state index contributed by atoms with van der Waals surface area (Å²) in [6.45, 7) is 6.34. The second-order valence-electron chi connectivity index (χ2n) is 4.59. The first-order valence-electron chi connectivity index (χ1n) is 5.47. The van der Waals surface area contributed by atoms with E-state index in [-0.39, 0.29) is 0 Å². The Morgan fingerprint density at radius 1 is 1.38 bits per heavy atom. The van der Waals surface area contributed by atoms with Crippen LogP contribution >= 0.6 is 11.6 Å². The number of aromatic nitrogens is 3. The van der Waals surface area contributed by atoms with Gasteiger partial charge in [0.05, 0.1) is 5.69 Å². The fourth-order valence-electron chi connectivity index (χ4n) is 1.82. The molecule has 0 unspecified atom stereocenters.